The third-order valence-corrected chi connectivity index (χ3v) is 7.10. The third kappa shape index (κ3) is 6.92. The Bertz CT molecular complexity index is 1050. The highest BCUT2D eigenvalue weighted by molar-refractivity contribution is 7.89. The number of hydrogen-bond acceptors (Lipinski definition) is 5. The van der Waals surface area contributed by atoms with Crippen LogP contribution >= 0.6 is 0 Å². The number of morpholine rings is 1. The van der Waals surface area contributed by atoms with Crippen molar-refractivity contribution < 1.29 is 35.9 Å². The zero-order valence-corrected chi connectivity index (χ0v) is 18.9. The second kappa shape index (κ2) is 10.5. The number of alkyl halides is 3. The lowest BCUT2D eigenvalue weighted by Gasteiger charge is -2.26. The summed E-state index contributed by atoms with van der Waals surface area (Å²) in [5, 5.41) is 0. The summed E-state index contributed by atoms with van der Waals surface area (Å²) in [5.74, 6) is -0.608. The summed E-state index contributed by atoms with van der Waals surface area (Å²) in [6.07, 6.45) is -4.34. The number of nitrogens with zero attached hydrogens (tertiary/aromatic N) is 2. The number of hydrogen-bond donors (Lipinski definition) is 0. The lowest BCUT2D eigenvalue weighted by atomic mass is 10.1. The van der Waals surface area contributed by atoms with Crippen LogP contribution in [0.5, 0.6) is 5.75 Å². The van der Waals surface area contributed by atoms with Gasteiger partial charge in [0.2, 0.25) is 15.9 Å². The molecule has 0 atom stereocenters. The first-order valence-corrected chi connectivity index (χ1v) is 11.7. The Morgan fingerprint density at radius 2 is 1.73 bits per heavy atom. The Morgan fingerprint density at radius 1 is 1.09 bits per heavy atom. The van der Waals surface area contributed by atoms with E-state index in [1.54, 1.807) is 18.2 Å². The van der Waals surface area contributed by atoms with Crippen molar-refractivity contribution in [3.05, 3.63) is 59.7 Å². The lowest BCUT2D eigenvalue weighted by molar-refractivity contribution is -0.275. The summed E-state index contributed by atoms with van der Waals surface area (Å²) in [6, 6.07) is 12.0. The summed E-state index contributed by atoms with van der Waals surface area (Å²) >= 11 is 0. The van der Waals surface area contributed by atoms with Crippen LogP contribution in [0.3, 0.4) is 0 Å². The molecule has 0 bridgehead atoms. The second-order valence-electron chi connectivity index (χ2n) is 7.57. The number of aryl methyl sites for hydroxylation is 1. The number of sulfonamides is 1. The first-order chi connectivity index (χ1) is 15.6. The zero-order valence-electron chi connectivity index (χ0n) is 18.0. The SMILES string of the molecule is CN(Cc1ccccc1OC(F)(F)F)C(=O)CCc1ccc(S(=O)(=O)N2CCOCC2)cc1. The summed E-state index contributed by atoms with van der Waals surface area (Å²) in [6.45, 7) is 1.30. The van der Waals surface area contributed by atoms with Gasteiger partial charge in [-0.2, -0.15) is 4.31 Å². The highest BCUT2D eigenvalue weighted by Gasteiger charge is 2.32. The van der Waals surface area contributed by atoms with Crippen molar-refractivity contribution >= 4 is 15.9 Å². The number of amides is 1. The molecule has 3 rings (SSSR count). The molecule has 0 radical (unpaired) electrons. The van der Waals surface area contributed by atoms with E-state index in [4.69, 9.17) is 4.74 Å². The van der Waals surface area contributed by atoms with Crippen molar-refractivity contribution in [2.75, 3.05) is 33.4 Å². The van der Waals surface area contributed by atoms with E-state index in [9.17, 15) is 26.4 Å². The van der Waals surface area contributed by atoms with Crippen molar-refractivity contribution in [1.82, 2.24) is 9.21 Å². The van der Waals surface area contributed by atoms with Gasteiger partial charge in [0, 0.05) is 38.7 Å². The van der Waals surface area contributed by atoms with Gasteiger partial charge in [0.15, 0.2) is 0 Å². The number of halogens is 3. The van der Waals surface area contributed by atoms with Crippen molar-refractivity contribution in [3.8, 4) is 5.75 Å². The highest BCUT2D eigenvalue weighted by Crippen LogP contribution is 2.27. The first-order valence-electron chi connectivity index (χ1n) is 10.3. The van der Waals surface area contributed by atoms with Crippen LogP contribution in [0, 0.1) is 0 Å². The third-order valence-electron chi connectivity index (χ3n) is 5.19. The van der Waals surface area contributed by atoms with Crippen molar-refractivity contribution in [2.45, 2.75) is 30.6 Å². The molecule has 11 heteroatoms. The Labute approximate surface area is 190 Å². The summed E-state index contributed by atoms with van der Waals surface area (Å²) in [5.41, 5.74) is 1.02. The van der Waals surface area contributed by atoms with E-state index in [1.807, 2.05) is 0 Å². The molecule has 0 spiro atoms. The summed E-state index contributed by atoms with van der Waals surface area (Å²) in [4.78, 5) is 14.0. The number of benzene rings is 2. The minimum atomic E-state index is -4.82. The molecule has 0 aliphatic carbocycles. The van der Waals surface area contributed by atoms with Gasteiger partial charge in [-0.05, 0) is 30.2 Å². The molecular formula is C22H25F3N2O5S. The number of para-hydroxylation sites is 1. The van der Waals surface area contributed by atoms with Gasteiger partial charge in [-0.3, -0.25) is 4.79 Å². The van der Waals surface area contributed by atoms with Gasteiger partial charge in [-0.25, -0.2) is 8.42 Å². The van der Waals surface area contributed by atoms with Gasteiger partial charge in [-0.15, -0.1) is 13.2 Å². The van der Waals surface area contributed by atoms with Gasteiger partial charge >= 0.3 is 6.36 Å². The molecule has 1 amide bonds. The minimum absolute atomic E-state index is 0.0399. The molecule has 2 aromatic rings. The molecule has 7 nitrogen and oxygen atoms in total. The van der Waals surface area contributed by atoms with E-state index in [0.717, 1.165) is 5.56 Å². The van der Waals surface area contributed by atoms with Crippen LogP contribution in [0.4, 0.5) is 13.2 Å². The number of ether oxygens (including phenoxy) is 2. The average Bonchev–Trinajstić information content (AvgIpc) is 2.78. The number of rotatable bonds is 8. The number of carbonyl (C=O) groups is 1. The molecule has 180 valence electrons. The maximum atomic E-state index is 12.7. The van der Waals surface area contributed by atoms with Crippen LogP contribution in [0.1, 0.15) is 17.5 Å². The van der Waals surface area contributed by atoms with Gasteiger partial charge in [0.25, 0.3) is 0 Å². The van der Waals surface area contributed by atoms with E-state index in [1.165, 1.54) is 46.6 Å². The standard InChI is InChI=1S/C22H25F3N2O5S/c1-26(16-18-4-2-3-5-20(18)32-22(23,24)25)21(28)11-8-17-6-9-19(10-7-17)33(29,30)27-12-14-31-15-13-27/h2-7,9-10H,8,11-16H2,1H3. The largest absolute Gasteiger partial charge is 0.573 e. The molecule has 0 aromatic heterocycles. The van der Waals surface area contributed by atoms with Crippen LogP contribution in [0.2, 0.25) is 0 Å². The summed E-state index contributed by atoms with van der Waals surface area (Å²) in [7, 11) is -2.08. The highest BCUT2D eigenvalue weighted by atomic mass is 32.2. The first kappa shape index (κ1) is 25.0. The van der Waals surface area contributed by atoms with Crippen LogP contribution in [-0.2, 0) is 32.5 Å². The molecule has 1 aliphatic rings. The molecule has 33 heavy (non-hydrogen) atoms. The zero-order chi connectivity index (χ0) is 24.1. The molecule has 1 saturated heterocycles. The number of carbonyl (C=O) groups excluding carboxylic acids is 1. The van der Waals surface area contributed by atoms with E-state index in [2.05, 4.69) is 4.74 Å². The maximum Gasteiger partial charge on any atom is 0.573 e. The molecule has 0 N–H and O–H groups in total. The topological polar surface area (TPSA) is 76.2 Å². The van der Waals surface area contributed by atoms with E-state index in [0.29, 0.717) is 32.7 Å². The quantitative estimate of drug-likeness (QED) is 0.573. The summed E-state index contributed by atoms with van der Waals surface area (Å²) < 4.78 is 73.7. The smallest absolute Gasteiger partial charge is 0.405 e. The lowest BCUT2D eigenvalue weighted by Crippen LogP contribution is -2.40. The normalized spacial score (nSPS) is 15.3. The molecule has 1 aliphatic heterocycles. The fraction of sp³-hybridized carbons (Fsp3) is 0.409. The molecule has 1 heterocycles. The van der Waals surface area contributed by atoms with Crippen molar-refractivity contribution in [1.29, 1.82) is 0 Å². The van der Waals surface area contributed by atoms with Gasteiger partial charge in [0.1, 0.15) is 5.75 Å². The monoisotopic (exact) mass is 486 g/mol. The Hall–Kier alpha value is -2.63. The molecule has 1 fully saturated rings. The Kier molecular flexibility index (Phi) is 7.98. The van der Waals surface area contributed by atoms with Gasteiger partial charge in [-0.1, -0.05) is 30.3 Å². The van der Waals surface area contributed by atoms with Gasteiger partial charge < -0.3 is 14.4 Å². The van der Waals surface area contributed by atoms with Crippen LogP contribution in [0.15, 0.2) is 53.4 Å². The molecule has 0 unspecified atom stereocenters. The predicted octanol–water partition coefficient (Wildman–Crippen LogP) is 3.20. The molecule has 2 aromatic carbocycles. The van der Waals surface area contributed by atoms with Crippen molar-refractivity contribution in [2.24, 2.45) is 0 Å². The maximum absolute atomic E-state index is 12.7. The predicted molar refractivity (Wildman–Crippen MR) is 114 cm³/mol. The Balaban J connectivity index is 1.56. The van der Waals surface area contributed by atoms with Gasteiger partial charge in [0.05, 0.1) is 18.1 Å². The molecular weight excluding hydrogens is 461 g/mol. The fourth-order valence-electron chi connectivity index (χ4n) is 3.41. The minimum Gasteiger partial charge on any atom is -0.405 e. The molecule has 0 saturated carbocycles. The Morgan fingerprint density at radius 3 is 2.36 bits per heavy atom. The van der Waals surface area contributed by atoms with Crippen LogP contribution in [0.25, 0.3) is 0 Å². The van der Waals surface area contributed by atoms with E-state index in [-0.39, 0.29) is 35.1 Å². The van der Waals surface area contributed by atoms with E-state index < -0.39 is 16.4 Å². The van der Waals surface area contributed by atoms with Crippen LogP contribution < -0.4 is 4.74 Å². The fourth-order valence-corrected chi connectivity index (χ4v) is 4.82. The van der Waals surface area contributed by atoms with Crippen molar-refractivity contribution in [3.63, 3.8) is 0 Å². The van der Waals surface area contributed by atoms with Crippen LogP contribution in [-0.4, -0.2) is 63.2 Å². The second-order valence-corrected chi connectivity index (χ2v) is 9.50. The average molecular weight is 487 g/mol. The van der Waals surface area contributed by atoms with E-state index >= 15 is 0 Å².